The van der Waals surface area contributed by atoms with Gasteiger partial charge in [0.1, 0.15) is 0 Å². The van der Waals surface area contributed by atoms with Crippen molar-refractivity contribution in [3.8, 4) is 11.3 Å². The van der Waals surface area contributed by atoms with E-state index in [1.165, 1.54) is 0 Å². The molecule has 0 spiro atoms. The summed E-state index contributed by atoms with van der Waals surface area (Å²) in [5.74, 6) is -0.253. The summed E-state index contributed by atoms with van der Waals surface area (Å²) in [6, 6.07) is 7.98. The van der Waals surface area contributed by atoms with E-state index < -0.39 is 0 Å². The van der Waals surface area contributed by atoms with Gasteiger partial charge in [-0.1, -0.05) is 17.3 Å². The number of aryl methyl sites for hydroxylation is 1. The van der Waals surface area contributed by atoms with E-state index in [0.29, 0.717) is 11.7 Å². The first-order valence-corrected chi connectivity index (χ1v) is 9.53. The van der Waals surface area contributed by atoms with Crippen LogP contribution in [0.5, 0.6) is 0 Å². The minimum Gasteiger partial charge on any atom is -0.321 e. The summed E-state index contributed by atoms with van der Waals surface area (Å²) in [6.45, 7) is 3.91. The van der Waals surface area contributed by atoms with Crippen molar-refractivity contribution < 1.29 is 4.79 Å². The summed E-state index contributed by atoms with van der Waals surface area (Å²) in [6.07, 6.45) is 3.73. The molecule has 142 valence electrons. The van der Waals surface area contributed by atoms with Crippen LogP contribution in [0.1, 0.15) is 34.4 Å². The zero-order valence-electron chi connectivity index (χ0n) is 14.9. The van der Waals surface area contributed by atoms with Crippen LogP contribution in [0.25, 0.3) is 11.3 Å². The molecule has 1 saturated heterocycles. The van der Waals surface area contributed by atoms with Crippen LogP contribution in [0, 0.1) is 6.92 Å². The Kier molecular flexibility index (Phi) is 6.20. The van der Waals surface area contributed by atoms with Crippen molar-refractivity contribution in [2.45, 2.75) is 25.8 Å². The number of halogens is 1. The molecule has 1 aliphatic heterocycles. The van der Waals surface area contributed by atoms with Gasteiger partial charge in [0.2, 0.25) is 0 Å². The molecule has 0 radical (unpaired) electrons. The van der Waals surface area contributed by atoms with Gasteiger partial charge in [0.25, 0.3) is 5.91 Å². The molecule has 4 rings (SSSR count). The van der Waals surface area contributed by atoms with Gasteiger partial charge in [0.05, 0.1) is 22.9 Å². The molecular weight excluding hydrogens is 384 g/mol. The van der Waals surface area contributed by atoms with Gasteiger partial charge in [-0.2, -0.15) is 0 Å². The minimum absolute atomic E-state index is 0. The summed E-state index contributed by atoms with van der Waals surface area (Å²) in [7, 11) is 0. The second-order valence-corrected chi connectivity index (χ2v) is 7.41. The lowest BCUT2D eigenvalue weighted by Gasteiger charge is -2.22. The Morgan fingerprint density at radius 3 is 2.89 bits per heavy atom. The molecule has 27 heavy (non-hydrogen) atoms. The van der Waals surface area contributed by atoms with Crippen molar-refractivity contribution >= 4 is 35.3 Å². The third kappa shape index (κ3) is 4.52. The number of piperidine rings is 1. The average Bonchev–Trinajstić information content (AvgIpc) is 3.32. The number of benzene rings is 1. The average molecular weight is 405 g/mol. The molecule has 2 N–H and O–H groups in total. The van der Waals surface area contributed by atoms with Crippen molar-refractivity contribution in [2.75, 3.05) is 18.4 Å². The Balaban J connectivity index is 0.00000210. The number of rotatable bonds is 4. The minimum atomic E-state index is -0.253. The Labute approximate surface area is 167 Å². The van der Waals surface area contributed by atoms with Gasteiger partial charge < -0.3 is 10.6 Å². The lowest BCUT2D eigenvalue weighted by atomic mass is 10.1. The fraction of sp³-hybridized carbons (Fsp3) is 0.333. The van der Waals surface area contributed by atoms with Gasteiger partial charge in [-0.15, -0.1) is 28.8 Å². The van der Waals surface area contributed by atoms with Gasteiger partial charge in [0, 0.05) is 16.6 Å². The number of aromatic nitrogens is 4. The summed E-state index contributed by atoms with van der Waals surface area (Å²) < 4.78 is 1.81. The molecule has 0 bridgehead atoms. The lowest BCUT2D eigenvalue weighted by molar-refractivity contribution is 0.102. The quantitative estimate of drug-likeness (QED) is 0.696. The van der Waals surface area contributed by atoms with E-state index in [9.17, 15) is 4.79 Å². The van der Waals surface area contributed by atoms with Crippen LogP contribution in [0.3, 0.4) is 0 Å². The smallest absolute Gasteiger partial charge is 0.277 e. The van der Waals surface area contributed by atoms with Crippen LogP contribution in [-0.4, -0.2) is 39.0 Å². The third-order valence-corrected chi connectivity index (χ3v) is 5.23. The molecule has 0 atom stereocenters. The highest BCUT2D eigenvalue weighted by Gasteiger charge is 2.19. The first-order chi connectivity index (χ1) is 12.7. The number of hydrogen-bond donors (Lipinski definition) is 2. The number of nitrogens with one attached hydrogen (secondary N) is 2. The SMILES string of the molecule is Cc1nc(-c2cccc(NC(=O)c3cn(C4CCNCC4)nn3)c2)cs1.Cl. The Morgan fingerprint density at radius 2 is 2.15 bits per heavy atom. The Bertz CT molecular complexity index is 918. The van der Waals surface area contributed by atoms with Crippen LogP contribution < -0.4 is 10.6 Å². The predicted octanol–water partition coefficient (Wildman–Crippen LogP) is 3.31. The van der Waals surface area contributed by atoms with E-state index >= 15 is 0 Å². The van der Waals surface area contributed by atoms with Gasteiger partial charge in [-0.3, -0.25) is 4.79 Å². The zero-order chi connectivity index (χ0) is 17.9. The molecule has 9 heteroatoms. The van der Waals surface area contributed by atoms with E-state index in [0.717, 1.165) is 47.9 Å². The topological polar surface area (TPSA) is 84.7 Å². The fourth-order valence-electron chi connectivity index (χ4n) is 3.08. The third-order valence-electron chi connectivity index (χ3n) is 4.46. The summed E-state index contributed by atoms with van der Waals surface area (Å²) in [4.78, 5) is 17.0. The van der Waals surface area contributed by atoms with E-state index in [1.54, 1.807) is 17.5 Å². The molecule has 2 aromatic heterocycles. The first-order valence-electron chi connectivity index (χ1n) is 8.65. The van der Waals surface area contributed by atoms with Crippen molar-refractivity contribution in [2.24, 2.45) is 0 Å². The standard InChI is InChI=1S/C18H20N6OS.ClH/c1-12-20-17(11-26-12)13-3-2-4-14(9-13)21-18(25)16-10-24(23-22-16)15-5-7-19-8-6-15;/h2-4,9-11,15,19H,5-8H2,1H3,(H,21,25);1H. The molecular formula is C18H21ClN6OS. The largest absolute Gasteiger partial charge is 0.321 e. The highest BCUT2D eigenvalue weighted by atomic mass is 35.5. The second-order valence-electron chi connectivity index (χ2n) is 6.35. The number of thiazole rings is 1. The monoisotopic (exact) mass is 404 g/mol. The highest BCUT2D eigenvalue weighted by molar-refractivity contribution is 7.09. The van der Waals surface area contributed by atoms with Crippen molar-refractivity contribution in [1.29, 1.82) is 0 Å². The fourth-order valence-corrected chi connectivity index (χ4v) is 3.70. The van der Waals surface area contributed by atoms with Crippen LogP contribution in [0.2, 0.25) is 0 Å². The number of nitrogens with zero attached hydrogens (tertiary/aromatic N) is 4. The number of anilines is 1. The molecule has 0 aliphatic carbocycles. The first kappa shape index (κ1) is 19.5. The van der Waals surface area contributed by atoms with Gasteiger partial charge in [0.15, 0.2) is 5.69 Å². The van der Waals surface area contributed by atoms with Gasteiger partial charge >= 0.3 is 0 Å². The van der Waals surface area contributed by atoms with Crippen molar-refractivity contribution in [1.82, 2.24) is 25.3 Å². The summed E-state index contributed by atoms with van der Waals surface area (Å²) in [5, 5.41) is 17.4. The van der Waals surface area contributed by atoms with E-state index in [4.69, 9.17) is 0 Å². The Hall–Kier alpha value is -2.29. The number of amides is 1. The maximum absolute atomic E-state index is 12.5. The molecule has 0 saturated carbocycles. The molecule has 3 heterocycles. The molecule has 1 amide bonds. The van der Waals surface area contributed by atoms with Crippen LogP contribution in [-0.2, 0) is 0 Å². The zero-order valence-corrected chi connectivity index (χ0v) is 16.5. The van der Waals surface area contributed by atoms with E-state index in [1.807, 2.05) is 41.3 Å². The maximum Gasteiger partial charge on any atom is 0.277 e. The molecule has 3 aromatic rings. The highest BCUT2D eigenvalue weighted by Crippen LogP contribution is 2.24. The summed E-state index contributed by atoms with van der Waals surface area (Å²) in [5.41, 5.74) is 2.94. The van der Waals surface area contributed by atoms with Crippen LogP contribution in [0.15, 0.2) is 35.8 Å². The molecule has 1 aliphatic rings. The Morgan fingerprint density at radius 1 is 1.33 bits per heavy atom. The van der Waals surface area contributed by atoms with E-state index in [-0.39, 0.29) is 18.3 Å². The van der Waals surface area contributed by atoms with E-state index in [2.05, 4.69) is 25.9 Å². The molecule has 0 unspecified atom stereocenters. The van der Waals surface area contributed by atoms with Crippen LogP contribution >= 0.6 is 23.7 Å². The van der Waals surface area contributed by atoms with Gasteiger partial charge in [-0.25, -0.2) is 9.67 Å². The second kappa shape index (κ2) is 8.60. The van der Waals surface area contributed by atoms with Gasteiger partial charge in [-0.05, 0) is 45.0 Å². The number of carbonyl (C=O) groups is 1. The van der Waals surface area contributed by atoms with Crippen molar-refractivity contribution in [3.05, 3.63) is 46.5 Å². The number of hydrogen-bond acceptors (Lipinski definition) is 6. The van der Waals surface area contributed by atoms with Crippen molar-refractivity contribution in [3.63, 3.8) is 0 Å². The summed E-state index contributed by atoms with van der Waals surface area (Å²) >= 11 is 1.61. The maximum atomic E-state index is 12.5. The normalized spacial score (nSPS) is 14.6. The molecule has 1 fully saturated rings. The predicted molar refractivity (Wildman–Crippen MR) is 109 cm³/mol. The lowest BCUT2D eigenvalue weighted by Crippen LogP contribution is -2.29. The molecule has 7 nitrogen and oxygen atoms in total. The number of carbonyl (C=O) groups excluding carboxylic acids is 1. The van der Waals surface area contributed by atoms with Crippen LogP contribution in [0.4, 0.5) is 5.69 Å². The molecule has 1 aromatic carbocycles.